The van der Waals surface area contributed by atoms with Gasteiger partial charge in [0.1, 0.15) is 0 Å². The van der Waals surface area contributed by atoms with E-state index in [1.54, 1.807) is 0 Å². The van der Waals surface area contributed by atoms with Gasteiger partial charge in [0.25, 0.3) is 0 Å². The molecule has 22 heavy (non-hydrogen) atoms. The largest absolute Gasteiger partial charge is 0.349 e. The van der Waals surface area contributed by atoms with Crippen LogP contribution in [0, 0.1) is 5.92 Å². The van der Waals surface area contributed by atoms with Gasteiger partial charge in [0.05, 0.1) is 6.04 Å². The zero-order valence-corrected chi connectivity index (χ0v) is 14.6. The van der Waals surface area contributed by atoms with Gasteiger partial charge in [-0.3, -0.25) is 4.90 Å². The Labute approximate surface area is 134 Å². The predicted octanol–water partition coefficient (Wildman–Crippen LogP) is 4.26. The Morgan fingerprint density at radius 1 is 1.14 bits per heavy atom. The first-order valence-electron chi connectivity index (χ1n) is 8.42. The van der Waals surface area contributed by atoms with E-state index in [4.69, 9.17) is 0 Å². The van der Waals surface area contributed by atoms with Crippen molar-refractivity contribution in [2.45, 2.75) is 59.3 Å². The maximum Gasteiger partial charge on any atom is 0.0527 e. The third-order valence-corrected chi connectivity index (χ3v) is 4.74. The lowest BCUT2D eigenvalue weighted by Crippen LogP contribution is -2.39. The van der Waals surface area contributed by atoms with Crippen LogP contribution < -0.4 is 0 Å². The standard InChI is InChI=1S/C19H29N3/c1-15(2)18-17-7-6-9-20(17)11-12-21(18)13-16-8-10-22(14-16)19(3,4)5/h6-10,14-15,18H,11-13H2,1-5H3. The van der Waals surface area contributed by atoms with E-state index in [9.17, 15) is 0 Å². The summed E-state index contributed by atoms with van der Waals surface area (Å²) < 4.78 is 4.74. The zero-order valence-electron chi connectivity index (χ0n) is 14.6. The molecular weight excluding hydrogens is 270 g/mol. The van der Waals surface area contributed by atoms with E-state index in [1.165, 1.54) is 11.3 Å². The molecule has 0 aliphatic carbocycles. The second kappa shape index (κ2) is 5.62. The molecule has 0 radical (unpaired) electrons. The summed E-state index contributed by atoms with van der Waals surface area (Å²) in [5.74, 6) is 0.624. The molecule has 1 aliphatic heterocycles. The minimum absolute atomic E-state index is 0.159. The SMILES string of the molecule is CC(C)C1c2cccn2CCN1Cc1ccn(C(C)(C)C)c1. The number of aromatic nitrogens is 2. The Hall–Kier alpha value is -1.48. The Morgan fingerprint density at radius 3 is 2.55 bits per heavy atom. The fraction of sp³-hybridized carbons (Fsp3) is 0.579. The van der Waals surface area contributed by atoms with E-state index < -0.39 is 0 Å². The van der Waals surface area contributed by atoms with E-state index in [0.717, 1.165) is 19.6 Å². The lowest BCUT2D eigenvalue weighted by Gasteiger charge is -2.39. The highest BCUT2D eigenvalue weighted by molar-refractivity contribution is 5.18. The first-order chi connectivity index (χ1) is 10.4. The minimum Gasteiger partial charge on any atom is -0.349 e. The van der Waals surface area contributed by atoms with Crippen molar-refractivity contribution < 1.29 is 0 Å². The van der Waals surface area contributed by atoms with Crippen LogP contribution in [0.15, 0.2) is 36.8 Å². The van der Waals surface area contributed by atoms with Gasteiger partial charge in [0.2, 0.25) is 0 Å². The fourth-order valence-corrected chi connectivity index (χ4v) is 3.59. The van der Waals surface area contributed by atoms with Crippen LogP contribution >= 0.6 is 0 Å². The zero-order chi connectivity index (χ0) is 15.9. The number of fused-ring (bicyclic) bond motifs is 1. The summed E-state index contributed by atoms with van der Waals surface area (Å²) in [6.07, 6.45) is 6.75. The normalized spacial score (nSPS) is 19.6. The van der Waals surface area contributed by atoms with Crippen molar-refractivity contribution in [2.75, 3.05) is 6.54 Å². The van der Waals surface area contributed by atoms with Crippen molar-refractivity contribution in [1.29, 1.82) is 0 Å². The summed E-state index contributed by atoms with van der Waals surface area (Å²) in [5.41, 5.74) is 3.05. The van der Waals surface area contributed by atoms with Gasteiger partial charge in [-0.15, -0.1) is 0 Å². The average molecular weight is 299 g/mol. The molecule has 1 aliphatic rings. The van der Waals surface area contributed by atoms with Crippen molar-refractivity contribution in [3.05, 3.63) is 48.0 Å². The molecule has 3 rings (SSSR count). The van der Waals surface area contributed by atoms with Gasteiger partial charge < -0.3 is 9.13 Å². The molecule has 120 valence electrons. The van der Waals surface area contributed by atoms with E-state index in [2.05, 4.69) is 85.4 Å². The molecule has 3 heteroatoms. The van der Waals surface area contributed by atoms with Crippen molar-refractivity contribution in [2.24, 2.45) is 5.92 Å². The van der Waals surface area contributed by atoms with Crippen LogP contribution in [0.2, 0.25) is 0 Å². The quantitative estimate of drug-likeness (QED) is 0.825. The smallest absolute Gasteiger partial charge is 0.0527 e. The molecule has 0 spiro atoms. The van der Waals surface area contributed by atoms with Gasteiger partial charge in [-0.05, 0) is 50.5 Å². The van der Waals surface area contributed by atoms with Gasteiger partial charge >= 0.3 is 0 Å². The molecule has 2 aromatic rings. The highest BCUT2D eigenvalue weighted by atomic mass is 15.2. The molecule has 0 amide bonds. The Balaban J connectivity index is 1.81. The van der Waals surface area contributed by atoms with Crippen molar-refractivity contribution in [1.82, 2.24) is 14.0 Å². The summed E-state index contributed by atoms with van der Waals surface area (Å²) in [5, 5.41) is 0. The van der Waals surface area contributed by atoms with Gasteiger partial charge in [0, 0.05) is 49.5 Å². The van der Waals surface area contributed by atoms with Gasteiger partial charge in [-0.2, -0.15) is 0 Å². The average Bonchev–Trinajstić information content (AvgIpc) is 3.05. The molecule has 1 unspecified atom stereocenters. The number of rotatable bonds is 3. The monoisotopic (exact) mass is 299 g/mol. The summed E-state index contributed by atoms with van der Waals surface area (Å²) in [6.45, 7) is 14.7. The van der Waals surface area contributed by atoms with Crippen LogP contribution in [-0.2, 0) is 18.6 Å². The third kappa shape index (κ3) is 2.87. The number of nitrogens with zero attached hydrogens (tertiary/aromatic N) is 3. The number of hydrogen-bond acceptors (Lipinski definition) is 1. The summed E-state index contributed by atoms with van der Waals surface area (Å²) >= 11 is 0. The summed E-state index contributed by atoms with van der Waals surface area (Å²) in [6, 6.07) is 7.26. The molecule has 2 aromatic heterocycles. The van der Waals surface area contributed by atoms with Crippen LogP contribution in [0.25, 0.3) is 0 Å². The van der Waals surface area contributed by atoms with Crippen molar-refractivity contribution >= 4 is 0 Å². The molecule has 3 heterocycles. The highest BCUT2D eigenvalue weighted by Crippen LogP contribution is 2.33. The second-order valence-electron chi connectivity index (χ2n) is 7.88. The Kier molecular flexibility index (Phi) is 3.94. The van der Waals surface area contributed by atoms with Gasteiger partial charge in [0.15, 0.2) is 0 Å². The van der Waals surface area contributed by atoms with E-state index in [-0.39, 0.29) is 5.54 Å². The van der Waals surface area contributed by atoms with E-state index in [1.807, 2.05) is 0 Å². The van der Waals surface area contributed by atoms with Crippen LogP contribution in [-0.4, -0.2) is 20.6 Å². The molecular formula is C19H29N3. The van der Waals surface area contributed by atoms with Crippen LogP contribution in [0.3, 0.4) is 0 Å². The van der Waals surface area contributed by atoms with Gasteiger partial charge in [-0.1, -0.05) is 13.8 Å². The second-order valence-corrected chi connectivity index (χ2v) is 7.88. The molecule has 0 bridgehead atoms. The topological polar surface area (TPSA) is 13.1 Å². The van der Waals surface area contributed by atoms with E-state index >= 15 is 0 Å². The molecule has 0 saturated heterocycles. The summed E-state index contributed by atoms with van der Waals surface area (Å²) in [7, 11) is 0. The van der Waals surface area contributed by atoms with Crippen molar-refractivity contribution in [3.63, 3.8) is 0 Å². The minimum atomic E-state index is 0.159. The number of hydrogen-bond donors (Lipinski definition) is 0. The lowest BCUT2D eigenvalue weighted by atomic mass is 9.97. The lowest BCUT2D eigenvalue weighted by molar-refractivity contribution is 0.111. The Bertz CT molecular complexity index is 627. The van der Waals surface area contributed by atoms with E-state index in [0.29, 0.717) is 12.0 Å². The summed E-state index contributed by atoms with van der Waals surface area (Å²) in [4.78, 5) is 2.64. The highest BCUT2D eigenvalue weighted by Gasteiger charge is 2.29. The molecule has 0 aromatic carbocycles. The van der Waals surface area contributed by atoms with Gasteiger partial charge in [-0.25, -0.2) is 0 Å². The first kappa shape index (κ1) is 15.4. The molecule has 0 N–H and O–H groups in total. The molecule has 0 saturated carbocycles. The maximum atomic E-state index is 2.64. The maximum absolute atomic E-state index is 2.64. The van der Waals surface area contributed by atoms with Crippen molar-refractivity contribution in [3.8, 4) is 0 Å². The predicted molar refractivity (Wildman–Crippen MR) is 91.8 cm³/mol. The molecule has 3 nitrogen and oxygen atoms in total. The Morgan fingerprint density at radius 2 is 1.91 bits per heavy atom. The fourth-order valence-electron chi connectivity index (χ4n) is 3.59. The molecule has 1 atom stereocenters. The van der Waals surface area contributed by atoms with Crippen LogP contribution in [0.1, 0.15) is 51.9 Å². The van der Waals surface area contributed by atoms with Crippen LogP contribution in [0.5, 0.6) is 0 Å². The first-order valence-corrected chi connectivity index (χ1v) is 8.42. The van der Waals surface area contributed by atoms with Crippen LogP contribution in [0.4, 0.5) is 0 Å². The third-order valence-electron chi connectivity index (χ3n) is 4.74. The molecule has 0 fully saturated rings.